The Balaban J connectivity index is 1.94. The number of fused-ring (bicyclic) bond motifs is 1. The van der Waals surface area contributed by atoms with Gasteiger partial charge in [-0.15, -0.1) is 0 Å². The summed E-state index contributed by atoms with van der Waals surface area (Å²) in [7, 11) is 1.74. The average Bonchev–Trinajstić information content (AvgIpc) is 2.91. The largest absolute Gasteiger partial charge is 0.383 e. The topological polar surface area (TPSA) is 43.2 Å². The Bertz CT molecular complexity index is 622. The van der Waals surface area contributed by atoms with Crippen molar-refractivity contribution in [2.45, 2.75) is 45.2 Å². The molecular weight excluding hydrogens is 276 g/mol. The van der Waals surface area contributed by atoms with E-state index >= 15 is 0 Å². The van der Waals surface area contributed by atoms with Crippen LogP contribution >= 0.6 is 0 Å². The van der Waals surface area contributed by atoms with Crippen LogP contribution in [0.4, 0.5) is 0 Å². The van der Waals surface area contributed by atoms with E-state index in [1.54, 1.807) is 7.11 Å². The summed E-state index contributed by atoms with van der Waals surface area (Å²) in [6.07, 6.45) is 4.29. The number of hydrogen-bond acceptors (Lipinski definition) is 4. The third-order valence-corrected chi connectivity index (χ3v) is 4.60. The van der Waals surface area contributed by atoms with Crippen LogP contribution in [0.2, 0.25) is 0 Å². The van der Waals surface area contributed by atoms with Gasteiger partial charge in [0.05, 0.1) is 6.61 Å². The van der Waals surface area contributed by atoms with Crippen molar-refractivity contribution >= 4 is 11.2 Å². The highest BCUT2D eigenvalue weighted by molar-refractivity contribution is 5.71. The SMILES string of the molecule is COCCn1c(C2CCCN(C(C)C)C2)nc2cccnc21. The molecule has 3 heterocycles. The number of imidazole rings is 1. The van der Waals surface area contributed by atoms with Crippen LogP contribution in [0.25, 0.3) is 11.2 Å². The standard InChI is InChI=1S/C17H26N4O/c1-13(2)20-9-5-6-14(12-20)16-19-15-7-4-8-18-17(15)21(16)10-11-22-3/h4,7-8,13-14H,5-6,9-12H2,1-3H3. The molecule has 120 valence electrons. The molecule has 1 atom stereocenters. The zero-order valence-corrected chi connectivity index (χ0v) is 13.8. The van der Waals surface area contributed by atoms with Crippen LogP contribution in [0.3, 0.4) is 0 Å². The minimum absolute atomic E-state index is 0.488. The van der Waals surface area contributed by atoms with Gasteiger partial charge in [0, 0.05) is 38.4 Å². The maximum absolute atomic E-state index is 5.28. The third-order valence-electron chi connectivity index (χ3n) is 4.60. The lowest BCUT2D eigenvalue weighted by molar-refractivity contribution is 0.159. The molecule has 1 unspecified atom stereocenters. The maximum Gasteiger partial charge on any atom is 0.160 e. The van der Waals surface area contributed by atoms with E-state index in [1.165, 1.54) is 25.2 Å². The first-order valence-electron chi connectivity index (χ1n) is 8.25. The van der Waals surface area contributed by atoms with Gasteiger partial charge in [0.15, 0.2) is 5.65 Å². The van der Waals surface area contributed by atoms with Crippen molar-refractivity contribution in [1.82, 2.24) is 19.4 Å². The maximum atomic E-state index is 5.28. The second-order valence-corrected chi connectivity index (χ2v) is 6.39. The van der Waals surface area contributed by atoms with Crippen molar-refractivity contribution in [3.63, 3.8) is 0 Å². The number of rotatable bonds is 5. The third kappa shape index (κ3) is 3.01. The van der Waals surface area contributed by atoms with E-state index < -0.39 is 0 Å². The van der Waals surface area contributed by atoms with Gasteiger partial charge < -0.3 is 14.2 Å². The monoisotopic (exact) mass is 302 g/mol. The van der Waals surface area contributed by atoms with Gasteiger partial charge in [-0.2, -0.15) is 0 Å². The first kappa shape index (κ1) is 15.4. The number of hydrogen-bond donors (Lipinski definition) is 0. The molecule has 0 spiro atoms. The van der Waals surface area contributed by atoms with Gasteiger partial charge in [-0.25, -0.2) is 9.97 Å². The highest BCUT2D eigenvalue weighted by Crippen LogP contribution is 2.29. The minimum Gasteiger partial charge on any atom is -0.383 e. The van der Waals surface area contributed by atoms with Crippen LogP contribution in [-0.4, -0.2) is 52.3 Å². The molecule has 0 amide bonds. The summed E-state index contributed by atoms with van der Waals surface area (Å²) in [6, 6.07) is 4.61. The van der Waals surface area contributed by atoms with Gasteiger partial charge in [-0.1, -0.05) is 0 Å². The van der Waals surface area contributed by atoms with Crippen LogP contribution in [0.1, 0.15) is 38.4 Å². The Morgan fingerprint density at radius 1 is 1.41 bits per heavy atom. The van der Waals surface area contributed by atoms with E-state index in [0.29, 0.717) is 18.6 Å². The van der Waals surface area contributed by atoms with Gasteiger partial charge in [0.2, 0.25) is 0 Å². The van der Waals surface area contributed by atoms with E-state index in [-0.39, 0.29) is 0 Å². The molecule has 0 N–H and O–H groups in total. The predicted molar refractivity (Wildman–Crippen MR) is 88.1 cm³/mol. The van der Waals surface area contributed by atoms with Gasteiger partial charge in [-0.05, 0) is 45.4 Å². The number of likely N-dealkylation sites (tertiary alicyclic amines) is 1. The van der Waals surface area contributed by atoms with Crippen LogP contribution in [0.15, 0.2) is 18.3 Å². The summed E-state index contributed by atoms with van der Waals surface area (Å²) < 4.78 is 7.54. The lowest BCUT2D eigenvalue weighted by Gasteiger charge is -2.35. The van der Waals surface area contributed by atoms with Gasteiger partial charge in [0.25, 0.3) is 0 Å². The van der Waals surface area contributed by atoms with Crippen molar-refractivity contribution in [2.75, 3.05) is 26.8 Å². The van der Waals surface area contributed by atoms with E-state index in [9.17, 15) is 0 Å². The summed E-state index contributed by atoms with van der Waals surface area (Å²) in [6.45, 7) is 8.35. The molecule has 0 aromatic carbocycles. The van der Waals surface area contributed by atoms with E-state index in [0.717, 1.165) is 24.3 Å². The number of piperidine rings is 1. The van der Waals surface area contributed by atoms with Crippen LogP contribution < -0.4 is 0 Å². The van der Waals surface area contributed by atoms with Crippen LogP contribution in [0.5, 0.6) is 0 Å². The van der Waals surface area contributed by atoms with Gasteiger partial charge >= 0.3 is 0 Å². The van der Waals surface area contributed by atoms with Gasteiger partial charge in [-0.3, -0.25) is 0 Å². The van der Waals surface area contributed by atoms with Crippen molar-refractivity contribution in [3.05, 3.63) is 24.2 Å². The van der Waals surface area contributed by atoms with Crippen molar-refractivity contribution < 1.29 is 4.74 Å². The second kappa shape index (κ2) is 6.75. The van der Waals surface area contributed by atoms with Crippen molar-refractivity contribution in [2.24, 2.45) is 0 Å². The average molecular weight is 302 g/mol. The Hall–Kier alpha value is -1.46. The quantitative estimate of drug-likeness (QED) is 0.851. The molecule has 5 heteroatoms. The molecule has 5 nitrogen and oxygen atoms in total. The fourth-order valence-corrected chi connectivity index (χ4v) is 3.38. The summed E-state index contributed by atoms with van der Waals surface area (Å²) in [5.74, 6) is 1.67. The zero-order chi connectivity index (χ0) is 15.5. The molecule has 2 aromatic rings. The predicted octanol–water partition coefficient (Wildman–Crippen LogP) is 2.67. The van der Waals surface area contributed by atoms with Crippen LogP contribution in [-0.2, 0) is 11.3 Å². The molecule has 1 aliphatic rings. The molecule has 22 heavy (non-hydrogen) atoms. The lowest BCUT2D eigenvalue weighted by atomic mass is 9.96. The summed E-state index contributed by atoms with van der Waals surface area (Å²) in [4.78, 5) is 12.0. The van der Waals surface area contributed by atoms with E-state index in [1.807, 2.05) is 12.3 Å². The molecule has 0 saturated carbocycles. The number of pyridine rings is 1. The van der Waals surface area contributed by atoms with E-state index in [4.69, 9.17) is 9.72 Å². The Kier molecular flexibility index (Phi) is 4.74. The fraction of sp³-hybridized carbons (Fsp3) is 0.647. The molecular formula is C17H26N4O. The highest BCUT2D eigenvalue weighted by atomic mass is 16.5. The van der Waals surface area contributed by atoms with Crippen molar-refractivity contribution in [3.8, 4) is 0 Å². The summed E-state index contributed by atoms with van der Waals surface area (Å²) >= 11 is 0. The normalized spacial score (nSPS) is 20.1. The molecule has 3 rings (SSSR count). The number of ether oxygens (including phenoxy) is 1. The smallest absolute Gasteiger partial charge is 0.160 e. The molecule has 2 aromatic heterocycles. The number of nitrogens with zero attached hydrogens (tertiary/aromatic N) is 4. The molecule has 0 aliphatic carbocycles. The number of aromatic nitrogens is 3. The van der Waals surface area contributed by atoms with Gasteiger partial charge in [0.1, 0.15) is 11.3 Å². The first-order valence-corrected chi connectivity index (χ1v) is 8.25. The lowest BCUT2D eigenvalue weighted by Crippen LogP contribution is -2.39. The molecule has 1 aliphatic heterocycles. The Labute approximate surface area is 132 Å². The highest BCUT2D eigenvalue weighted by Gasteiger charge is 2.27. The summed E-state index contributed by atoms with van der Waals surface area (Å²) in [5, 5.41) is 0. The molecule has 0 bridgehead atoms. The zero-order valence-electron chi connectivity index (χ0n) is 13.8. The minimum atomic E-state index is 0.488. The fourth-order valence-electron chi connectivity index (χ4n) is 3.38. The Morgan fingerprint density at radius 2 is 2.27 bits per heavy atom. The molecule has 0 radical (unpaired) electrons. The molecule has 1 fully saturated rings. The first-order chi connectivity index (χ1) is 10.7. The van der Waals surface area contributed by atoms with E-state index in [2.05, 4.69) is 34.4 Å². The Morgan fingerprint density at radius 3 is 3.05 bits per heavy atom. The van der Waals surface area contributed by atoms with Crippen LogP contribution in [0, 0.1) is 0 Å². The summed E-state index contributed by atoms with van der Waals surface area (Å²) in [5.41, 5.74) is 1.98. The van der Waals surface area contributed by atoms with Crippen molar-refractivity contribution in [1.29, 1.82) is 0 Å². The second-order valence-electron chi connectivity index (χ2n) is 6.39. The molecule has 1 saturated heterocycles. The number of methoxy groups -OCH3 is 1.